The number of alkyl carbamates (subject to hydrolysis) is 1. The van der Waals surface area contributed by atoms with Gasteiger partial charge in [0.2, 0.25) is 11.8 Å². The molecular formula is C41H54FN7O8S. The Balaban J connectivity index is 1.37. The Kier molecular flexibility index (Phi) is 12.2. The minimum absolute atomic E-state index is 0.0214. The molecule has 314 valence electrons. The first-order valence-corrected chi connectivity index (χ1v) is 21.2. The summed E-state index contributed by atoms with van der Waals surface area (Å²) in [6, 6.07) is 9.69. The van der Waals surface area contributed by atoms with Crippen molar-refractivity contribution in [2.24, 2.45) is 5.92 Å². The van der Waals surface area contributed by atoms with Gasteiger partial charge in [-0.15, -0.1) is 0 Å². The topological polar surface area (TPSA) is 181 Å². The predicted octanol–water partition coefficient (Wildman–Crippen LogP) is 4.98. The molecule has 15 nitrogen and oxygen atoms in total. The molecule has 4 amide bonds. The molecule has 0 bridgehead atoms. The molecule has 3 N–H and O–H groups in total. The second-order valence-electron chi connectivity index (χ2n) is 16.7. The molecule has 2 fully saturated rings. The van der Waals surface area contributed by atoms with Gasteiger partial charge >= 0.3 is 16.3 Å². The quantitative estimate of drug-likeness (QED) is 0.264. The van der Waals surface area contributed by atoms with E-state index in [1.54, 1.807) is 45.0 Å². The van der Waals surface area contributed by atoms with Crippen LogP contribution < -0.4 is 20.1 Å². The molecule has 3 heterocycles. The first-order chi connectivity index (χ1) is 27.3. The van der Waals surface area contributed by atoms with Gasteiger partial charge < -0.3 is 25.0 Å². The molecule has 3 aromatic rings. The molecule has 3 aliphatic rings. The van der Waals surface area contributed by atoms with Crippen LogP contribution in [0.15, 0.2) is 54.6 Å². The van der Waals surface area contributed by atoms with Crippen molar-refractivity contribution in [2.75, 3.05) is 20.6 Å². The highest BCUT2D eigenvalue weighted by molar-refractivity contribution is 7.87. The van der Waals surface area contributed by atoms with Gasteiger partial charge in [-0.05, 0) is 72.4 Å². The van der Waals surface area contributed by atoms with E-state index in [9.17, 15) is 27.6 Å². The van der Waals surface area contributed by atoms with Gasteiger partial charge in [-0.1, -0.05) is 55.3 Å². The van der Waals surface area contributed by atoms with Crippen molar-refractivity contribution in [3.63, 3.8) is 0 Å². The fourth-order valence-electron chi connectivity index (χ4n) is 7.64. The van der Waals surface area contributed by atoms with Crippen molar-refractivity contribution in [3.8, 4) is 17.1 Å². The smallest absolute Gasteiger partial charge is 0.408 e. The van der Waals surface area contributed by atoms with Gasteiger partial charge in [0.05, 0.1) is 12.1 Å². The van der Waals surface area contributed by atoms with Crippen LogP contribution in [0, 0.1) is 11.7 Å². The number of para-hydroxylation sites is 1. The lowest BCUT2D eigenvalue weighted by molar-refractivity contribution is -0.141. The second-order valence-corrected chi connectivity index (χ2v) is 18.6. The number of fused-ring (bicyclic) bond motifs is 3. The highest BCUT2D eigenvalue weighted by Gasteiger charge is 2.62. The third-order valence-corrected chi connectivity index (χ3v) is 12.1. The molecule has 0 radical (unpaired) electrons. The monoisotopic (exact) mass is 823 g/mol. The molecule has 1 aromatic heterocycles. The number of nitrogens with one attached hydrogen (secondary N) is 3. The third kappa shape index (κ3) is 9.15. The molecular weight excluding hydrogens is 770 g/mol. The van der Waals surface area contributed by atoms with E-state index in [0.717, 1.165) is 17.1 Å². The van der Waals surface area contributed by atoms with Crippen LogP contribution in [0.25, 0.3) is 22.2 Å². The number of imidazole rings is 1. The largest absolute Gasteiger partial charge is 0.459 e. The van der Waals surface area contributed by atoms with Crippen LogP contribution in [0.5, 0.6) is 6.01 Å². The number of amides is 4. The Labute approximate surface area is 338 Å². The Morgan fingerprint density at radius 3 is 2.47 bits per heavy atom. The van der Waals surface area contributed by atoms with E-state index in [2.05, 4.69) is 15.4 Å². The van der Waals surface area contributed by atoms with E-state index in [-0.39, 0.29) is 37.9 Å². The van der Waals surface area contributed by atoms with Crippen LogP contribution in [0.2, 0.25) is 0 Å². The number of ether oxygens (including phenoxy) is 2. The van der Waals surface area contributed by atoms with Crippen molar-refractivity contribution >= 4 is 45.1 Å². The summed E-state index contributed by atoms with van der Waals surface area (Å²) in [6.45, 7) is 8.97. The molecule has 1 saturated carbocycles. The van der Waals surface area contributed by atoms with E-state index in [1.807, 2.05) is 42.7 Å². The van der Waals surface area contributed by atoms with Crippen molar-refractivity contribution in [3.05, 3.63) is 60.4 Å². The number of hydrogen-bond acceptors (Lipinski definition) is 9. The maximum atomic E-state index is 15.1. The zero-order valence-corrected chi connectivity index (χ0v) is 34.9. The SMILES string of the molecule is CC(C)n1c(O[C@@H]2C[C@H]3C(=O)N[C@]4(C(=O)NS(=O)(=O)N(C)C)C[C@H]4/C=C\CCCCC[C@H](NC(=O)OC(C)(C)C)C(=O)N3C2)nc2c(-c3ccccc3F)cccc21. The Bertz CT molecular complexity index is 2200. The first-order valence-electron chi connectivity index (χ1n) is 19.8. The van der Waals surface area contributed by atoms with Crippen LogP contribution in [0.1, 0.15) is 85.6 Å². The van der Waals surface area contributed by atoms with Crippen LogP contribution in [-0.4, -0.2) is 101 Å². The number of allylic oxidation sites excluding steroid dienone is 1. The number of carbonyl (C=O) groups excluding carboxylic acids is 4. The highest BCUT2D eigenvalue weighted by Crippen LogP contribution is 2.46. The number of hydrogen-bond donors (Lipinski definition) is 3. The summed E-state index contributed by atoms with van der Waals surface area (Å²) in [5, 5.41) is 5.58. The lowest BCUT2D eigenvalue weighted by Crippen LogP contribution is -2.58. The van der Waals surface area contributed by atoms with E-state index in [4.69, 9.17) is 14.5 Å². The predicted molar refractivity (Wildman–Crippen MR) is 215 cm³/mol. The van der Waals surface area contributed by atoms with Crippen molar-refractivity contribution in [2.45, 2.75) is 115 Å². The fraction of sp³-hybridized carbons (Fsp3) is 0.537. The number of halogens is 1. The number of rotatable bonds is 8. The van der Waals surface area contributed by atoms with Crippen molar-refractivity contribution in [1.29, 1.82) is 0 Å². The van der Waals surface area contributed by atoms with Gasteiger partial charge in [0.15, 0.2) is 0 Å². The van der Waals surface area contributed by atoms with Crippen LogP contribution in [-0.2, 0) is 29.3 Å². The molecule has 5 atom stereocenters. The number of aromatic nitrogens is 2. The van der Waals surface area contributed by atoms with E-state index in [0.29, 0.717) is 35.0 Å². The zero-order chi connectivity index (χ0) is 42.2. The van der Waals surface area contributed by atoms with Crippen LogP contribution in [0.4, 0.5) is 9.18 Å². The van der Waals surface area contributed by atoms with Crippen LogP contribution >= 0.6 is 0 Å². The Morgan fingerprint density at radius 2 is 1.78 bits per heavy atom. The van der Waals surface area contributed by atoms with E-state index in [1.165, 1.54) is 25.1 Å². The molecule has 58 heavy (non-hydrogen) atoms. The van der Waals surface area contributed by atoms with Gasteiger partial charge in [-0.25, -0.2) is 13.9 Å². The van der Waals surface area contributed by atoms with Crippen LogP contribution in [0.3, 0.4) is 0 Å². The van der Waals surface area contributed by atoms with E-state index >= 15 is 4.39 Å². The second kappa shape index (κ2) is 16.7. The average molecular weight is 824 g/mol. The molecule has 1 saturated heterocycles. The van der Waals surface area contributed by atoms with Gasteiger partial charge in [0.25, 0.3) is 11.9 Å². The summed E-state index contributed by atoms with van der Waals surface area (Å²) in [7, 11) is -1.63. The molecule has 17 heteroatoms. The summed E-state index contributed by atoms with van der Waals surface area (Å²) in [5.41, 5.74) is -0.283. The molecule has 6 rings (SSSR count). The number of benzene rings is 2. The number of carbonyl (C=O) groups is 4. The van der Waals surface area contributed by atoms with E-state index < -0.39 is 75.1 Å². The highest BCUT2D eigenvalue weighted by atomic mass is 32.2. The molecule has 0 spiro atoms. The van der Waals surface area contributed by atoms with Gasteiger partial charge in [-0.3, -0.25) is 19.0 Å². The zero-order valence-electron chi connectivity index (χ0n) is 34.1. The van der Waals surface area contributed by atoms with Crippen molar-refractivity contribution in [1.82, 2.24) is 34.1 Å². The average Bonchev–Trinajstić information content (AvgIpc) is 3.46. The maximum absolute atomic E-state index is 15.1. The third-order valence-electron chi connectivity index (χ3n) is 10.7. The van der Waals surface area contributed by atoms with Gasteiger partial charge in [-0.2, -0.15) is 17.7 Å². The summed E-state index contributed by atoms with van der Waals surface area (Å²) in [4.78, 5) is 62.1. The van der Waals surface area contributed by atoms with Gasteiger partial charge in [0.1, 0.15) is 40.7 Å². The summed E-state index contributed by atoms with van der Waals surface area (Å²) in [6.07, 6.45) is 5.30. The first kappa shape index (κ1) is 42.6. The standard InChI is InChI=1S/C41H54FN7O8S/c1-25(2)49-32-21-15-18-29(28-17-13-14-19-30(28)42)34(32)44-38(49)56-27-22-33-35(50)45-41(37(52)46-58(54,55)47(6)7)23-26(41)16-11-9-8-10-12-20-31(36(51)48(33)24-27)43-39(53)57-40(3,4)5/h11,13-19,21,25-27,31,33H,8-10,12,20,22-24H2,1-7H3,(H,43,53)(H,45,50)(H,46,52)/b16-11-/t26-,27-,31+,33+,41-/m1/s1. The molecule has 2 aliphatic heterocycles. The van der Waals surface area contributed by atoms with Crippen molar-refractivity contribution < 1.29 is 41.5 Å². The summed E-state index contributed by atoms with van der Waals surface area (Å²) in [5.74, 6) is -3.01. The maximum Gasteiger partial charge on any atom is 0.408 e. The molecule has 1 aliphatic carbocycles. The lowest BCUT2D eigenvalue weighted by atomic mass is 10.0. The summed E-state index contributed by atoms with van der Waals surface area (Å²) >= 11 is 0. The molecule has 2 aromatic carbocycles. The Morgan fingerprint density at radius 1 is 1.05 bits per heavy atom. The normalized spacial score (nSPS) is 25.0. The number of nitrogens with zero attached hydrogens (tertiary/aromatic N) is 4. The fourth-order valence-corrected chi connectivity index (χ4v) is 8.24. The lowest BCUT2D eigenvalue weighted by Gasteiger charge is -2.30. The van der Waals surface area contributed by atoms with Gasteiger partial charge in [0, 0.05) is 43.6 Å². The summed E-state index contributed by atoms with van der Waals surface area (Å²) < 4.78 is 57.5. The molecule has 0 unspecified atom stereocenters. The Hall–Kier alpha value is -5.03. The minimum atomic E-state index is -4.20. The minimum Gasteiger partial charge on any atom is -0.459 e.